The molecule has 128 valence electrons. The highest BCUT2D eigenvalue weighted by Gasteiger charge is 2.17. The molecule has 0 saturated heterocycles. The summed E-state index contributed by atoms with van der Waals surface area (Å²) in [6, 6.07) is 9.16. The molecule has 2 aromatic carbocycles. The van der Waals surface area contributed by atoms with Crippen LogP contribution in [0.3, 0.4) is 0 Å². The topological polar surface area (TPSA) is 69.9 Å². The van der Waals surface area contributed by atoms with Crippen LogP contribution < -0.4 is 4.74 Å². The maximum atomic E-state index is 10.5. The zero-order chi connectivity index (χ0) is 17.1. The van der Waals surface area contributed by atoms with Crippen LogP contribution in [0.4, 0.5) is 0 Å². The van der Waals surface area contributed by atoms with Crippen LogP contribution in [0.15, 0.2) is 30.3 Å². The van der Waals surface area contributed by atoms with E-state index in [2.05, 4.69) is 0 Å². The zero-order valence-corrected chi connectivity index (χ0v) is 14.0. The first-order chi connectivity index (χ1) is 11.6. The van der Waals surface area contributed by atoms with Gasteiger partial charge in [0.15, 0.2) is 11.5 Å². The average molecular weight is 328 g/mol. The Hall–Kier alpha value is -2.20. The molecule has 0 heterocycles. The minimum atomic E-state index is -0.297. The van der Waals surface area contributed by atoms with E-state index in [1.807, 2.05) is 24.3 Å². The number of aryl methyl sites for hydroxylation is 2. The fourth-order valence-corrected chi connectivity index (χ4v) is 3.31. The van der Waals surface area contributed by atoms with E-state index in [1.54, 1.807) is 6.07 Å². The average Bonchev–Trinajstić information content (AvgIpc) is 2.59. The summed E-state index contributed by atoms with van der Waals surface area (Å²) in [6.45, 7) is 0. The predicted molar refractivity (Wildman–Crippen MR) is 93.6 cm³/mol. The second kappa shape index (κ2) is 7.14. The van der Waals surface area contributed by atoms with Crippen LogP contribution in [0.25, 0.3) is 11.1 Å². The number of fused-ring (bicyclic) bond motifs is 5. The zero-order valence-electron chi connectivity index (χ0n) is 14.0. The van der Waals surface area contributed by atoms with Gasteiger partial charge >= 0.3 is 0 Å². The van der Waals surface area contributed by atoms with Gasteiger partial charge in [-0.2, -0.15) is 0 Å². The number of aliphatic hydroxyl groups excluding tert-OH is 1. The molecule has 1 aliphatic carbocycles. The number of rotatable bonds is 1. The lowest BCUT2D eigenvalue weighted by Gasteiger charge is -2.14. The molecule has 4 bridgehead atoms. The number of benzene rings is 2. The van der Waals surface area contributed by atoms with E-state index in [1.165, 1.54) is 7.11 Å². The van der Waals surface area contributed by atoms with E-state index in [0.29, 0.717) is 23.3 Å². The molecule has 0 fully saturated rings. The second-order valence-electron chi connectivity index (χ2n) is 6.48. The van der Waals surface area contributed by atoms with Gasteiger partial charge in [-0.3, -0.25) is 0 Å². The van der Waals surface area contributed by atoms with Gasteiger partial charge in [-0.1, -0.05) is 12.5 Å². The van der Waals surface area contributed by atoms with Gasteiger partial charge in [-0.05, 0) is 67.5 Å². The number of phenols is 2. The van der Waals surface area contributed by atoms with Crippen LogP contribution in [0, 0.1) is 0 Å². The van der Waals surface area contributed by atoms with Crippen molar-refractivity contribution in [1.29, 1.82) is 0 Å². The lowest BCUT2D eigenvalue weighted by Crippen LogP contribution is -2.08. The summed E-state index contributed by atoms with van der Waals surface area (Å²) in [4.78, 5) is 0. The van der Waals surface area contributed by atoms with Crippen molar-refractivity contribution in [2.45, 2.75) is 44.6 Å². The van der Waals surface area contributed by atoms with Crippen molar-refractivity contribution >= 4 is 0 Å². The number of phenolic OH excluding ortho intramolecular Hbond substituents is 2. The Morgan fingerprint density at radius 3 is 2.50 bits per heavy atom. The quantitative estimate of drug-likeness (QED) is 0.745. The Bertz CT molecular complexity index is 724. The number of aromatic hydroxyl groups is 2. The van der Waals surface area contributed by atoms with Crippen molar-refractivity contribution in [3.63, 3.8) is 0 Å². The maximum absolute atomic E-state index is 10.5. The lowest BCUT2D eigenvalue weighted by atomic mass is 9.96. The first-order valence-electron chi connectivity index (χ1n) is 8.48. The van der Waals surface area contributed by atoms with E-state index >= 15 is 0 Å². The highest BCUT2D eigenvalue weighted by Crippen LogP contribution is 2.42. The highest BCUT2D eigenvalue weighted by molar-refractivity contribution is 5.79. The number of hydrogen-bond acceptors (Lipinski definition) is 4. The van der Waals surface area contributed by atoms with Crippen LogP contribution in [0.1, 0.15) is 36.8 Å². The molecule has 4 heteroatoms. The first kappa shape index (κ1) is 16.7. The van der Waals surface area contributed by atoms with Crippen LogP contribution >= 0.6 is 0 Å². The third-order valence-electron chi connectivity index (χ3n) is 4.72. The molecule has 3 N–H and O–H groups in total. The second-order valence-corrected chi connectivity index (χ2v) is 6.48. The Morgan fingerprint density at radius 2 is 1.71 bits per heavy atom. The van der Waals surface area contributed by atoms with E-state index in [9.17, 15) is 15.3 Å². The van der Waals surface area contributed by atoms with Gasteiger partial charge < -0.3 is 20.1 Å². The van der Waals surface area contributed by atoms with Crippen molar-refractivity contribution in [3.8, 4) is 28.4 Å². The lowest BCUT2D eigenvalue weighted by molar-refractivity contribution is 0.151. The Balaban J connectivity index is 2.13. The monoisotopic (exact) mass is 328 g/mol. The van der Waals surface area contributed by atoms with Crippen molar-refractivity contribution in [2.24, 2.45) is 0 Å². The molecular weight excluding hydrogens is 304 g/mol. The molecule has 0 spiro atoms. The van der Waals surface area contributed by atoms with Gasteiger partial charge in [0.25, 0.3) is 0 Å². The largest absolute Gasteiger partial charge is 0.507 e. The standard InChI is InChI=1S/C20H24O4/c1-24-19-12-14-4-2-3-5-15(21)8-6-13-7-9-18(22)16(10-13)17(11-14)20(19)23/h7,9-12,15,21-23H,2-6,8H2,1H3/t15-/m0/s1. The fraction of sp³-hybridized carbons (Fsp3) is 0.400. The van der Waals surface area contributed by atoms with E-state index in [4.69, 9.17) is 4.74 Å². The third-order valence-corrected chi connectivity index (χ3v) is 4.72. The predicted octanol–water partition coefficient (Wildman–Crippen LogP) is 3.79. The molecule has 0 aromatic heterocycles. The summed E-state index contributed by atoms with van der Waals surface area (Å²) >= 11 is 0. The summed E-state index contributed by atoms with van der Waals surface area (Å²) < 4.78 is 5.31. The normalized spacial score (nSPS) is 18.2. The Morgan fingerprint density at radius 1 is 0.917 bits per heavy atom. The van der Waals surface area contributed by atoms with Gasteiger partial charge in [0.1, 0.15) is 5.75 Å². The van der Waals surface area contributed by atoms with E-state index in [-0.39, 0.29) is 17.6 Å². The van der Waals surface area contributed by atoms with Gasteiger partial charge in [-0.25, -0.2) is 0 Å². The van der Waals surface area contributed by atoms with Crippen molar-refractivity contribution in [1.82, 2.24) is 0 Å². The molecule has 0 unspecified atom stereocenters. The molecular formula is C20H24O4. The molecule has 1 aliphatic rings. The fourth-order valence-electron chi connectivity index (χ4n) is 3.31. The number of hydrogen-bond donors (Lipinski definition) is 3. The van der Waals surface area contributed by atoms with Crippen LogP contribution in [-0.2, 0) is 12.8 Å². The van der Waals surface area contributed by atoms with E-state index < -0.39 is 0 Å². The molecule has 0 aliphatic heterocycles. The smallest absolute Gasteiger partial charge is 0.165 e. The Labute approximate surface area is 142 Å². The highest BCUT2D eigenvalue weighted by atomic mass is 16.5. The molecule has 0 amide bonds. The van der Waals surface area contributed by atoms with Crippen LogP contribution in [-0.4, -0.2) is 28.5 Å². The SMILES string of the molecule is COc1cc2cc(c1O)-c1cc(ccc1O)CC[C@@H](O)CCCC2. The maximum Gasteiger partial charge on any atom is 0.165 e. The summed E-state index contributed by atoms with van der Waals surface area (Å²) in [5, 5.41) is 30.9. The number of methoxy groups -OCH3 is 1. The van der Waals surface area contributed by atoms with Gasteiger partial charge in [0.05, 0.1) is 13.2 Å². The summed E-state index contributed by atoms with van der Waals surface area (Å²) in [7, 11) is 1.53. The third kappa shape index (κ3) is 3.49. The minimum absolute atomic E-state index is 0.0450. The number of ether oxygens (including phenoxy) is 1. The van der Waals surface area contributed by atoms with Gasteiger partial charge in [-0.15, -0.1) is 0 Å². The van der Waals surface area contributed by atoms with Crippen LogP contribution in [0.5, 0.6) is 17.2 Å². The minimum Gasteiger partial charge on any atom is -0.507 e. The van der Waals surface area contributed by atoms with Gasteiger partial charge in [0, 0.05) is 11.1 Å². The van der Waals surface area contributed by atoms with Crippen molar-refractivity contribution in [3.05, 3.63) is 41.5 Å². The van der Waals surface area contributed by atoms with Gasteiger partial charge in [0.2, 0.25) is 0 Å². The Kier molecular flexibility index (Phi) is 4.95. The van der Waals surface area contributed by atoms with E-state index in [0.717, 1.165) is 43.2 Å². The summed E-state index contributed by atoms with van der Waals surface area (Å²) in [6.07, 6.45) is 4.72. The van der Waals surface area contributed by atoms with Crippen molar-refractivity contribution in [2.75, 3.05) is 7.11 Å². The molecule has 4 nitrogen and oxygen atoms in total. The summed E-state index contributed by atoms with van der Waals surface area (Å²) in [5.41, 5.74) is 3.27. The molecule has 3 rings (SSSR count). The number of aliphatic hydroxyl groups is 1. The molecule has 2 aromatic rings. The molecule has 0 saturated carbocycles. The summed E-state index contributed by atoms with van der Waals surface area (Å²) in [5.74, 6) is 0.592. The molecule has 24 heavy (non-hydrogen) atoms. The van der Waals surface area contributed by atoms with Crippen LogP contribution in [0.2, 0.25) is 0 Å². The molecule has 0 radical (unpaired) electrons. The van der Waals surface area contributed by atoms with Crippen molar-refractivity contribution < 1.29 is 20.1 Å². The first-order valence-corrected chi connectivity index (χ1v) is 8.48. The molecule has 1 atom stereocenters.